The first kappa shape index (κ1) is 17.8. The predicted octanol–water partition coefficient (Wildman–Crippen LogP) is 2.38. The molecule has 0 unspecified atom stereocenters. The second kappa shape index (κ2) is 8.93. The van der Waals surface area contributed by atoms with E-state index in [1.807, 2.05) is 7.05 Å². The molecule has 0 aliphatic rings. The number of nitrogens with two attached hydrogens (primary N) is 1. The minimum absolute atomic E-state index is 0.427. The third kappa shape index (κ3) is 5.59. The summed E-state index contributed by atoms with van der Waals surface area (Å²) >= 11 is 0. The van der Waals surface area contributed by atoms with Crippen LogP contribution in [0.2, 0.25) is 0 Å². The van der Waals surface area contributed by atoms with E-state index in [2.05, 4.69) is 41.5 Å². The number of benzene rings is 2. The number of hydrogen-bond donors (Lipinski definition) is 2. The van der Waals surface area contributed by atoms with Crippen molar-refractivity contribution in [2.75, 3.05) is 39.1 Å². The number of primary amides is 1. The van der Waals surface area contributed by atoms with Gasteiger partial charge in [-0.25, -0.2) is 0 Å². The summed E-state index contributed by atoms with van der Waals surface area (Å²) in [6, 6.07) is 15.4. The van der Waals surface area contributed by atoms with Gasteiger partial charge in [0.15, 0.2) is 0 Å². The third-order valence-corrected chi connectivity index (χ3v) is 3.91. The summed E-state index contributed by atoms with van der Waals surface area (Å²) in [6.07, 6.45) is 1.01. The van der Waals surface area contributed by atoms with E-state index in [1.54, 1.807) is 24.3 Å². The van der Waals surface area contributed by atoms with Crippen LogP contribution < -0.4 is 15.8 Å². The van der Waals surface area contributed by atoms with Gasteiger partial charge in [0, 0.05) is 31.4 Å². The van der Waals surface area contributed by atoms with Gasteiger partial charge in [-0.1, -0.05) is 12.1 Å². The summed E-state index contributed by atoms with van der Waals surface area (Å²) in [6.45, 7) is 2.42. The van der Waals surface area contributed by atoms with Crippen LogP contribution >= 0.6 is 0 Å². The molecule has 0 spiro atoms. The molecular weight excluding hydrogens is 302 g/mol. The van der Waals surface area contributed by atoms with Crippen molar-refractivity contribution in [1.82, 2.24) is 4.90 Å². The van der Waals surface area contributed by atoms with Crippen LogP contribution in [0.4, 0.5) is 5.69 Å². The lowest BCUT2D eigenvalue weighted by Crippen LogP contribution is -2.26. The van der Waals surface area contributed by atoms with E-state index in [0.717, 1.165) is 30.9 Å². The largest absolute Gasteiger partial charge is 0.492 e. The number of amides is 1. The average Bonchev–Trinajstić information content (AvgIpc) is 2.61. The van der Waals surface area contributed by atoms with E-state index < -0.39 is 5.91 Å². The Balaban J connectivity index is 1.68. The Bertz CT molecular complexity index is 639. The van der Waals surface area contributed by atoms with Crippen LogP contribution in [0.1, 0.15) is 15.9 Å². The number of anilines is 1. The van der Waals surface area contributed by atoms with E-state index in [4.69, 9.17) is 10.5 Å². The molecule has 2 aromatic carbocycles. The fourth-order valence-electron chi connectivity index (χ4n) is 2.30. The first-order valence-electron chi connectivity index (χ1n) is 8.06. The number of rotatable bonds is 9. The van der Waals surface area contributed by atoms with Crippen molar-refractivity contribution in [3.05, 3.63) is 59.7 Å². The molecule has 0 radical (unpaired) electrons. The van der Waals surface area contributed by atoms with Crippen LogP contribution in [0.5, 0.6) is 5.75 Å². The second-order valence-electron chi connectivity index (χ2n) is 5.74. The molecule has 0 aliphatic heterocycles. The Morgan fingerprint density at radius 2 is 1.75 bits per heavy atom. The van der Waals surface area contributed by atoms with Crippen molar-refractivity contribution in [3.8, 4) is 5.75 Å². The molecule has 0 bridgehead atoms. The highest BCUT2D eigenvalue weighted by Crippen LogP contribution is 2.12. The molecule has 0 aromatic heterocycles. The molecule has 5 nitrogen and oxygen atoms in total. The van der Waals surface area contributed by atoms with Gasteiger partial charge < -0.3 is 20.7 Å². The van der Waals surface area contributed by atoms with E-state index in [9.17, 15) is 4.79 Å². The summed E-state index contributed by atoms with van der Waals surface area (Å²) in [7, 11) is 4.01. The van der Waals surface area contributed by atoms with Gasteiger partial charge in [0.1, 0.15) is 12.4 Å². The normalized spacial score (nSPS) is 10.6. The minimum Gasteiger partial charge on any atom is -0.492 e. The highest BCUT2D eigenvalue weighted by molar-refractivity contribution is 5.92. The molecule has 0 atom stereocenters. The van der Waals surface area contributed by atoms with Gasteiger partial charge in [0.2, 0.25) is 5.91 Å². The summed E-state index contributed by atoms with van der Waals surface area (Å²) in [5.41, 5.74) is 8.15. The van der Waals surface area contributed by atoms with Gasteiger partial charge in [-0.05, 0) is 55.4 Å². The predicted molar refractivity (Wildman–Crippen MR) is 97.6 cm³/mol. The Morgan fingerprint density at radius 1 is 1.08 bits per heavy atom. The van der Waals surface area contributed by atoms with Crippen LogP contribution in [0, 0.1) is 0 Å². The van der Waals surface area contributed by atoms with Crippen molar-refractivity contribution in [2.24, 2.45) is 5.73 Å². The number of likely N-dealkylation sites (N-methyl/N-ethyl adjacent to an activating group) is 1. The molecule has 2 aromatic rings. The first-order valence-corrected chi connectivity index (χ1v) is 8.06. The number of carbonyl (C=O) groups excluding carboxylic acids is 1. The Labute approximate surface area is 143 Å². The summed E-state index contributed by atoms with van der Waals surface area (Å²) in [5, 5.41) is 3.12. The summed E-state index contributed by atoms with van der Waals surface area (Å²) < 4.78 is 5.69. The van der Waals surface area contributed by atoms with Crippen LogP contribution in [0.15, 0.2) is 48.5 Å². The Morgan fingerprint density at radius 3 is 2.33 bits per heavy atom. The van der Waals surface area contributed by atoms with E-state index >= 15 is 0 Å². The molecule has 1 amide bonds. The monoisotopic (exact) mass is 327 g/mol. The molecule has 24 heavy (non-hydrogen) atoms. The molecule has 128 valence electrons. The number of carbonyl (C=O) groups is 1. The highest BCUT2D eigenvalue weighted by Gasteiger charge is 2.03. The third-order valence-electron chi connectivity index (χ3n) is 3.91. The quantitative estimate of drug-likeness (QED) is 0.742. The van der Waals surface area contributed by atoms with Crippen molar-refractivity contribution in [3.63, 3.8) is 0 Å². The average molecular weight is 327 g/mol. The molecule has 0 aliphatic carbocycles. The maximum Gasteiger partial charge on any atom is 0.248 e. The zero-order valence-electron chi connectivity index (χ0n) is 14.3. The Hall–Kier alpha value is -2.53. The molecule has 2 rings (SSSR count). The van der Waals surface area contributed by atoms with Crippen LogP contribution in [0.25, 0.3) is 0 Å². The van der Waals surface area contributed by atoms with E-state index in [-0.39, 0.29) is 0 Å². The van der Waals surface area contributed by atoms with Crippen LogP contribution in [-0.2, 0) is 6.42 Å². The summed E-state index contributed by atoms with van der Waals surface area (Å²) in [4.78, 5) is 13.3. The molecule has 0 fully saturated rings. The van der Waals surface area contributed by atoms with Gasteiger partial charge in [-0.2, -0.15) is 0 Å². The molecule has 0 heterocycles. The highest BCUT2D eigenvalue weighted by atomic mass is 16.5. The minimum atomic E-state index is -0.427. The molecule has 5 heteroatoms. The fourth-order valence-corrected chi connectivity index (χ4v) is 2.30. The maximum absolute atomic E-state index is 11.0. The van der Waals surface area contributed by atoms with Crippen molar-refractivity contribution in [2.45, 2.75) is 6.42 Å². The van der Waals surface area contributed by atoms with Crippen molar-refractivity contribution >= 4 is 11.6 Å². The lowest BCUT2D eigenvalue weighted by molar-refractivity contribution is 0.100. The standard InChI is InChI=1S/C19H25N3O2/c1-21-17-7-3-15(4-8-17)11-12-22(2)13-14-24-18-9-5-16(6-10-18)19(20)23/h3-10,21H,11-14H2,1-2H3,(H2,20,23). The number of ether oxygens (including phenoxy) is 1. The van der Waals surface area contributed by atoms with Gasteiger partial charge in [-0.3, -0.25) is 4.79 Å². The lowest BCUT2D eigenvalue weighted by atomic mass is 10.1. The van der Waals surface area contributed by atoms with E-state index in [1.165, 1.54) is 5.56 Å². The smallest absolute Gasteiger partial charge is 0.248 e. The van der Waals surface area contributed by atoms with Crippen molar-refractivity contribution in [1.29, 1.82) is 0 Å². The zero-order chi connectivity index (χ0) is 17.4. The second-order valence-corrected chi connectivity index (χ2v) is 5.74. The zero-order valence-corrected chi connectivity index (χ0v) is 14.3. The molecule has 0 saturated carbocycles. The van der Waals surface area contributed by atoms with Gasteiger partial charge in [0.25, 0.3) is 0 Å². The van der Waals surface area contributed by atoms with Crippen LogP contribution in [0.3, 0.4) is 0 Å². The molecule has 3 N–H and O–H groups in total. The van der Waals surface area contributed by atoms with Crippen LogP contribution in [-0.4, -0.2) is 44.6 Å². The molecular formula is C19H25N3O2. The number of nitrogens with zero attached hydrogens (tertiary/aromatic N) is 1. The van der Waals surface area contributed by atoms with Gasteiger partial charge >= 0.3 is 0 Å². The van der Waals surface area contributed by atoms with Crippen molar-refractivity contribution < 1.29 is 9.53 Å². The SMILES string of the molecule is CNc1ccc(CCN(C)CCOc2ccc(C(N)=O)cc2)cc1. The number of nitrogens with one attached hydrogen (secondary N) is 1. The Kier molecular flexibility index (Phi) is 6.63. The fraction of sp³-hybridized carbons (Fsp3) is 0.316. The van der Waals surface area contributed by atoms with Gasteiger partial charge in [-0.15, -0.1) is 0 Å². The first-order chi connectivity index (χ1) is 11.6. The number of hydrogen-bond acceptors (Lipinski definition) is 4. The maximum atomic E-state index is 11.0. The topological polar surface area (TPSA) is 67.6 Å². The van der Waals surface area contributed by atoms with Gasteiger partial charge in [0.05, 0.1) is 0 Å². The lowest BCUT2D eigenvalue weighted by Gasteiger charge is -2.17. The van der Waals surface area contributed by atoms with E-state index in [0.29, 0.717) is 12.2 Å². The summed E-state index contributed by atoms with van der Waals surface area (Å²) in [5.74, 6) is 0.320. The molecule has 0 saturated heterocycles.